The molecule has 2 aromatic carbocycles. The van der Waals surface area contributed by atoms with Crippen molar-refractivity contribution in [1.82, 2.24) is 10.3 Å². The average molecular weight is 434 g/mol. The molecule has 1 amide bonds. The monoisotopic (exact) mass is 433 g/mol. The van der Waals surface area contributed by atoms with E-state index in [0.29, 0.717) is 23.2 Å². The Balaban J connectivity index is 2.00. The van der Waals surface area contributed by atoms with Crippen molar-refractivity contribution in [2.24, 2.45) is 0 Å². The largest absolute Gasteiger partial charge is 0.503 e. The maximum atomic E-state index is 12.7. The molecule has 0 bridgehead atoms. The zero-order valence-electron chi connectivity index (χ0n) is 15.8. The minimum Gasteiger partial charge on any atom is -0.503 e. The topological polar surface area (TPSA) is 108 Å². The number of anilines is 1. The molecule has 0 radical (unpaired) electrons. The minimum absolute atomic E-state index is 0.170. The molecule has 0 saturated carbocycles. The van der Waals surface area contributed by atoms with Crippen LogP contribution >= 0.6 is 23.2 Å². The van der Waals surface area contributed by atoms with Crippen molar-refractivity contribution in [3.63, 3.8) is 0 Å². The third-order valence-electron chi connectivity index (χ3n) is 4.67. The molecule has 0 atom stereocenters. The number of aromatic hydroxyl groups is 1. The number of nitrogens with one attached hydrogen (secondary N) is 2. The van der Waals surface area contributed by atoms with Crippen molar-refractivity contribution in [3.05, 3.63) is 56.2 Å². The Hall–Kier alpha value is -2.70. The molecule has 1 heterocycles. The van der Waals surface area contributed by atoms with Gasteiger partial charge < -0.3 is 21.1 Å². The van der Waals surface area contributed by atoms with E-state index >= 15 is 0 Å². The summed E-state index contributed by atoms with van der Waals surface area (Å²) in [6.07, 6.45) is 2.99. The fraction of sp³-hybridized carbons (Fsp3) is 0.238. The smallest absolute Gasteiger partial charge is 0.251 e. The lowest BCUT2D eigenvalue weighted by atomic mass is 10.1. The fourth-order valence-corrected chi connectivity index (χ4v) is 3.52. The average Bonchev–Trinajstić information content (AvgIpc) is 2.71. The number of carbonyl (C=O) groups excluding carboxylic acids is 1. The van der Waals surface area contributed by atoms with Gasteiger partial charge in [-0.25, -0.2) is 0 Å². The fourth-order valence-electron chi connectivity index (χ4n) is 3.03. The summed E-state index contributed by atoms with van der Waals surface area (Å²) in [7, 11) is 0. The predicted molar refractivity (Wildman–Crippen MR) is 118 cm³/mol. The first-order valence-electron chi connectivity index (χ1n) is 9.25. The van der Waals surface area contributed by atoms with Crippen molar-refractivity contribution in [3.8, 4) is 17.0 Å². The van der Waals surface area contributed by atoms with Crippen molar-refractivity contribution < 1.29 is 9.90 Å². The maximum absolute atomic E-state index is 12.7. The number of nitrogens with two attached hydrogens (primary N) is 1. The summed E-state index contributed by atoms with van der Waals surface area (Å²) >= 11 is 12.1. The number of hydrogen-bond acceptors (Lipinski definition) is 4. The Morgan fingerprint density at radius 2 is 1.86 bits per heavy atom. The van der Waals surface area contributed by atoms with Gasteiger partial charge in [0.25, 0.3) is 5.91 Å². The molecule has 0 spiro atoms. The van der Waals surface area contributed by atoms with E-state index in [1.165, 1.54) is 18.2 Å². The number of pyridine rings is 1. The van der Waals surface area contributed by atoms with Gasteiger partial charge in [-0.1, -0.05) is 43.0 Å². The van der Waals surface area contributed by atoms with Gasteiger partial charge in [-0.15, -0.1) is 0 Å². The number of rotatable bonds is 6. The molecular formula is C21H21Cl2N3O3. The van der Waals surface area contributed by atoms with Crippen LogP contribution < -0.4 is 16.5 Å². The molecule has 0 fully saturated rings. The van der Waals surface area contributed by atoms with Crippen LogP contribution in [0.3, 0.4) is 0 Å². The van der Waals surface area contributed by atoms with Gasteiger partial charge in [0.2, 0.25) is 5.43 Å². The van der Waals surface area contributed by atoms with Crippen LogP contribution in [-0.4, -0.2) is 22.5 Å². The molecule has 152 valence electrons. The zero-order chi connectivity index (χ0) is 21.1. The second-order valence-corrected chi connectivity index (χ2v) is 7.57. The van der Waals surface area contributed by atoms with E-state index in [0.717, 1.165) is 19.3 Å². The molecule has 8 heteroatoms. The summed E-state index contributed by atoms with van der Waals surface area (Å²) in [6.45, 7) is 2.66. The lowest BCUT2D eigenvalue weighted by molar-refractivity contribution is 0.0953. The number of halogens is 2. The number of hydrogen-bond donors (Lipinski definition) is 4. The normalized spacial score (nSPS) is 11.0. The van der Waals surface area contributed by atoms with Gasteiger partial charge in [0, 0.05) is 17.7 Å². The van der Waals surface area contributed by atoms with E-state index in [4.69, 9.17) is 28.9 Å². The minimum atomic E-state index is -0.599. The summed E-state index contributed by atoms with van der Waals surface area (Å²) in [6, 6.07) is 7.74. The number of nitrogen functional groups attached to an aromatic ring is 1. The lowest BCUT2D eigenvalue weighted by Gasteiger charge is -2.11. The van der Waals surface area contributed by atoms with Crippen molar-refractivity contribution in [2.45, 2.75) is 26.2 Å². The van der Waals surface area contributed by atoms with E-state index in [1.54, 1.807) is 12.1 Å². The van der Waals surface area contributed by atoms with E-state index in [-0.39, 0.29) is 32.7 Å². The molecule has 0 aliphatic heterocycles. The van der Waals surface area contributed by atoms with Gasteiger partial charge in [0.05, 0.1) is 32.3 Å². The second-order valence-electron chi connectivity index (χ2n) is 6.75. The molecule has 29 heavy (non-hydrogen) atoms. The SMILES string of the molecule is CCCCCNC(=O)c1ccc2[nH]c(-c3cc(Cl)c(N)c(Cl)c3)c(O)c(=O)c2c1. The number of unbranched alkanes of at least 4 members (excludes halogenated alkanes) is 2. The Morgan fingerprint density at radius 3 is 2.52 bits per heavy atom. The Kier molecular flexibility index (Phi) is 6.35. The summed E-state index contributed by atoms with van der Waals surface area (Å²) in [5.74, 6) is -0.752. The first kappa shape index (κ1) is 21.0. The lowest BCUT2D eigenvalue weighted by Crippen LogP contribution is -2.24. The van der Waals surface area contributed by atoms with Gasteiger partial charge in [-0.05, 0) is 36.8 Å². The first-order valence-corrected chi connectivity index (χ1v) is 10.0. The summed E-state index contributed by atoms with van der Waals surface area (Å²) in [4.78, 5) is 28.1. The Bertz CT molecular complexity index is 1120. The van der Waals surface area contributed by atoms with Crippen LogP contribution in [0.25, 0.3) is 22.2 Å². The third-order valence-corrected chi connectivity index (χ3v) is 5.30. The molecule has 3 rings (SSSR count). The predicted octanol–water partition coefficient (Wildman–Crippen LogP) is 4.71. The highest BCUT2D eigenvalue weighted by Crippen LogP contribution is 2.35. The van der Waals surface area contributed by atoms with Crippen LogP contribution in [0.2, 0.25) is 10.0 Å². The number of carbonyl (C=O) groups is 1. The van der Waals surface area contributed by atoms with Crippen LogP contribution in [0.1, 0.15) is 36.5 Å². The number of fused-ring (bicyclic) bond motifs is 1. The molecule has 5 N–H and O–H groups in total. The molecule has 0 saturated heterocycles. The molecule has 0 aliphatic rings. The highest BCUT2D eigenvalue weighted by Gasteiger charge is 2.16. The van der Waals surface area contributed by atoms with Crippen LogP contribution in [0.4, 0.5) is 5.69 Å². The number of benzene rings is 2. The number of aromatic amines is 1. The standard InChI is InChI=1S/C21H21Cl2N3O3/c1-2-3-4-7-25-21(29)11-5-6-16-13(8-11)19(27)20(28)18(26-16)12-9-14(22)17(24)15(23)10-12/h5-6,8-10,28H,2-4,7,24H2,1H3,(H,25,29)(H,26,27). The van der Waals surface area contributed by atoms with Gasteiger partial charge in [-0.3, -0.25) is 9.59 Å². The van der Waals surface area contributed by atoms with Crippen LogP contribution in [0.5, 0.6) is 5.75 Å². The van der Waals surface area contributed by atoms with E-state index in [2.05, 4.69) is 17.2 Å². The van der Waals surface area contributed by atoms with Crippen molar-refractivity contribution in [1.29, 1.82) is 0 Å². The molecule has 6 nitrogen and oxygen atoms in total. The number of H-pyrrole nitrogens is 1. The number of amides is 1. The highest BCUT2D eigenvalue weighted by molar-refractivity contribution is 6.39. The van der Waals surface area contributed by atoms with E-state index < -0.39 is 11.2 Å². The van der Waals surface area contributed by atoms with Crippen LogP contribution in [-0.2, 0) is 0 Å². The van der Waals surface area contributed by atoms with Gasteiger partial charge >= 0.3 is 0 Å². The van der Waals surface area contributed by atoms with Gasteiger partial charge in [0.15, 0.2) is 5.75 Å². The quantitative estimate of drug-likeness (QED) is 0.333. The molecule has 0 unspecified atom stereocenters. The zero-order valence-corrected chi connectivity index (χ0v) is 17.3. The molecular weight excluding hydrogens is 413 g/mol. The highest BCUT2D eigenvalue weighted by atomic mass is 35.5. The summed E-state index contributed by atoms with van der Waals surface area (Å²) < 4.78 is 0. The van der Waals surface area contributed by atoms with Crippen molar-refractivity contribution >= 4 is 45.7 Å². The van der Waals surface area contributed by atoms with E-state index in [1.807, 2.05) is 0 Å². The van der Waals surface area contributed by atoms with Gasteiger partial charge in [-0.2, -0.15) is 0 Å². The first-order chi connectivity index (χ1) is 13.8. The maximum Gasteiger partial charge on any atom is 0.251 e. The molecule has 0 aliphatic carbocycles. The third kappa shape index (κ3) is 4.33. The van der Waals surface area contributed by atoms with Crippen LogP contribution in [0.15, 0.2) is 35.1 Å². The summed E-state index contributed by atoms with van der Waals surface area (Å²) in [5, 5.41) is 13.9. The van der Waals surface area contributed by atoms with Crippen molar-refractivity contribution in [2.75, 3.05) is 12.3 Å². The second kappa shape index (κ2) is 8.76. The molecule has 1 aromatic heterocycles. The van der Waals surface area contributed by atoms with Crippen LogP contribution in [0, 0.1) is 0 Å². The number of aromatic nitrogens is 1. The van der Waals surface area contributed by atoms with E-state index in [9.17, 15) is 14.7 Å². The molecule has 3 aromatic rings. The Labute approximate surface area is 177 Å². The van der Waals surface area contributed by atoms with Gasteiger partial charge in [0.1, 0.15) is 0 Å². The Morgan fingerprint density at radius 1 is 1.17 bits per heavy atom. The summed E-state index contributed by atoms with van der Waals surface area (Å²) in [5.41, 5.74) is 6.77.